The smallest absolute Gasteiger partial charge is 0.335 e. The molecule has 0 amide bonds. The van der Waals surface area contributed by atoms with Gasteiger partial charge >= 0.3 is 5.97 Å². The second-order valence-corrected chi connectivity index (χ2v) is 6.75. The molecule has 0 atom stereocenters. The number of aliphatic imine (C=N–C) groups is 1. The molecule has 0 heterocycles. The van der Waals surface area contributed by atoms with E-state index in [9.17, 15) is 4.79 Å². The number of nitrogens with zero attached hydrogens (tertiary/aromatic N) is 1. The Labute approximate surface area is 170 Å². The number of carboxylic acids is 1. The highest BCUT2D eigenvalue weighted by atomic mass is 16.5. The van der Waals surface area contributed by atoms with E-state index in [-0.39, 0.29) is 12.2 Å². The van der Waals surface area contributed by atoms with Gasteiger partial charge in [0.2, 0.25) is 0 Å². The molecular formula is C24H23NO4. The highest BCUT2D eigenvalue weighted by Gasteiger charge is 2.08. The predicted molar refractivity (Wildman–Crippen MR) is 114 cm³/mol. The number of methoxy groups -OCH3 is 1. The van der Waals surface area contributed by atoms with Gasteiger partial charge in [0, 0.05) is 6.21 Å². The molecule has 5 nitrogen and oxygen atoms in total. The molecule has 29 heavy (non-hydrogen) atoms. The van der Waals surface area contributed by atoms with E-state index in [1.54, 1.807) is 31.5 Å². The van der Waals surface area contributed by atoms with Crippen molar-refractivity contribution in [3.8, 4) is 11.5 Å². The Hall–Kier alpha value is -3.60. The van der Waals surface area contributed by atoms with E-state index in [2.05, 4.69) is 18.0 Å². The summed E-state index contributed by atoms with van der Waals surface area (Å²) in [6.07, 6.45) is 1.79. The number of aromatic carboxylic acids is 1. The molecule has 5 heteroatoms. The number of hydrogen-bond acceptors (Lipinski definition) is 4. The highest BCUT2D eigenvalue weighted by molar-refractivity contribution is 5.87. The van der Waals surface area contributed by atoms with Crippen molar-refractivity contribution in [2.45, 2.75) is 20.5 Å². The summed E-state index contributed by atoms with van der Waals surface area (Å²) < 4.78 is 11.3. The van der Waals surface area contributed by atoms with Crippen molar-refractivity contribution in [3.05, 3.63) is 88.5 Å². The molecule has 0 aliphatic heterocycles. The van der Waals surface area contributed by atoms with Crippen molar-refractivity contribution in [2.24, 2.45) is 4.99 Å². The van der Waals surface area contributed by atoms with E-state index in [0.29, 0.717) is 11.5 Å². The summed E-state index contributed by atoms with van der Waals surface area (Å²) in [5, 5.41) is 9.10. The van der Waals surface area contributed by atoms with E-state index in [0.717, 1.165) is 22.4 Å². The molecule has 3 aromatic rings. The Morgan fingerprint density at radius 3 is 2.59 bits per heavy atom. The Morgan fingerprint density at radius 1 is 1.03 bits per heavy atom. The Kier molecular flexibility index (Phi) is 6.29. The van der Waals surface area contributed by atoms with Crippen LogP contribution in [0.5, 0.6) is 11.5 Å². The van der Waals surface area contributed by atoms with Gasteiger partial charge in [-0.05, 0) is 66.9 Å². The van der Waals surface area contributed by atoms with E-state index < -0.39 is 5.97 Å². The van der Waals surface area contributed by atoms with Crippen molar-refractivity contribution in [1.29, 1.82) is 0 Å². The van der Waals surface area contributed by atoms with Gasteiger partial charge < -0.3 is 14.6 Å². The standard InChI is InChI=1S/C24H23NO4/c1-16-7-9-21(17(2)11-16)25-14-18-8-10-22(23(13-18)28-3)29-15-19-5-4-6-20(12-19)24(26)27/h4-14H,15H2,1-3H3,(H,26,27). The zero-order valence-electron chi connectivity index (χ0n) is 16.7. The van der Waals surface area contributed by atoms with Gasteiger partial charge in [-0.3, -0.25) is 4.99 Å². The first-order valence-electron chi connectivity index (χ1n) is 9.20. The number of carboxylic acid groups (broad SMARTS) is 1. The summed E-state index contributed by atoms with van der Waals surface area (Å²) in [6, 6.07) is 18.4. The van der Waals surface area contributed by atoms with Crippen LogP contribution in [0, 0.1) is 13.8 Å². The summed E-state index contributed by atoms with van der Waals surface area (Å²) in [4.78, 5) is 15.7. The SMILES string of the molecule is COc1cc(C=Nc2ccc(C)cc2C)ccc1OCc1cccc(C(=O)O)c1. The van der Waals surface area contributed by atoms with Crippen LogP contribution in [0.2, 0.25) is 0 Å². The minimum atomic E-state index is -0.961. The Balaban J connectivity index is 1.74. The first-order chi connectivity index (χ1) is 14.0. The monoisotopic (exact) mass is 389 g/mol. The van der Waals surface area contributed by atoms with Crippen molar-refractivity contribution in [2.75, 3.05) is 7.11 Å². The maximum absolute atomic E-state index is 11.1. The highest BCUT2D eigenvalue weighted by Crippen LogP contribution is 2.29. The van der Waals surface area contributed by atoms with E-state index in [1.165, 1.54) is 5.56 Å². The van der Waals surface area contributed by atoms with Crippen molar-refractivity contribution in [3.63, 3.8) is 0 Å². The molecule has 0 saturated heterocycles. The fraction of sp³-hybridized carbons (Fsp3) is 0.167. The minimum absolute atomic E-state index is 0.232. The third-order valence-corrected chi connectivity index (χ3v) is 4.46. The van der Waals surface area contributed by atoms with Gasteiger partial charge in [0.25, 0.3) is 0 Å². The molecule has 0 aromatic heterocycles. The Bertz CT molecular complexity index is 1060. The lowest BCUT2D eigenvalue weighted by molar-refractivity contribution is 0.0696. The molecular weight excluding hydrogens is 366 g/mol. The summed E-state index contributed by atoms with van der Waals surface area (Å²) >= 11 is 0. The number of aryl methyl sites for hydroxylation is 2. The van der Waals surface area contributed by atoms with Crippen LogP contribution in [0.25, 0.3) is 0 Å². The minimum Gasteiger partial charge on any atom is -0.493 e. The average Bonchev–Trinajstić information content (AvgIpc) is 2.72. The topological polar surface area (TPSA) is 68.1 Å². The van der Waals surface area contributed by atoms with E-state index in [4.69, 9.17) is 14.6 Å². The van der Waals surface area contributed by atoms with Gasteiger partial charge in [-0.2, -0.15) is 0 Å². The Morgan fingerprint density at radius 2 is 1.86 bits per heavy atom. The molecule has 0 radical (unpaired) electrons. The van der Waals surface area contributed by atoms with Gasteiger partial charge in [0.05, 0.1) is 18.4 Å². The van der Waals surface area contributed by atoms with Crippen LogP contribution in [-0.4, -0.2) is 24.4 Å². The summed E-state index contributed by atoms with van der Waals surface area (Å²) in [7, 11) is 1.58. The molecule has 0 aliphatic rings. The molecule has 0 fully saturated rings. The summed E-state index contributed by atoms with van der Waals surface area (Å²) in [5.41, 5.74) is 5.15. The molecule has 3 rings (SSSR count). The van der Waals surface area contributed by atoms with Crippen LogP contribution in [-0.2, 0) is 6.61 Å². The van der Waals surface area contributed by atoms with Gasteiger partial charge in [-0.15, -0.1) is 0 Å². The van der Waals surface area contributed by atoms with Crippen molar-refractivity contribution >= 4 is 17.9 Å². The lowest BCUT2D eigenvalue weighted by atomic mass is 10.1. The summed E-state index contributed by atoms with van der Waals surface area (Å²) in [5.74, 6) is 0.206. The molecule has 0 spiro atoms. The third-order valence-electron chi connectivity index (χ3n) is 4.46. The predicted octanol–water partition coefficient (Wildman–Crippen LogP) is 5.34. The van der Waals surface area contributed by atoms with Gasteiger partial charge in [0.1, 0.15) is 6.61 Å². The van der Waals surface area contributed by atoms with Crippen LogP contribution in [0.15, 0.2) is 65.7 Å². The molecule has 1 N–H and O–H groups in total. The maximum Gasteiger partial charge on any atom is 0.335 e. The van der Waals surface area contributed by atoms with Gasteiger partial charge in [-0.25, -0.2) is 4.79 Å². The second-order valence-electron chi connectivity index (χ2n) is 6.75. The maximum atomic E-state index is 11.1. The third kappa shape index (κ3) is 5.23. The van der Waals surface area contributed by atoms with Crippen LogP contribution < -0.4 is 9.47 Å². The van der Waals surface area contributed by atoms with E-state index in [1.807, 2.05) is 43.3 Å². The van der Waals surface area contributed by atoms with Crippen molar-refractivity contribution < 1.29 is 19.4 Å². The molecule has 0 aliphatic carbocycles. The fourth-order valence-electron chi connectivity index (χ4n) is 2.93. The molecule has 0 bridgehead atoms. The average molecular weight is 389 g/mol. The molecule has 3 aromatic carbocycles. The lowest BCUT2D eigenvalue weighted by Crippen LogP contribution is -2.01. The van der Waals surface area contributed by atoms with Crippen molar-refractivity contribution in [1.82, 2.24) is 0 Å². The van der Waals surface area contributed by atoms with Gasteiger partial charge in [0.15, 0.2) is 11.5 Å². The zero-order valence-corrected chi connectivity index (χ0v) is 16.7. The summed E-state index contributed by atoms with van der Waals surface area (Å²) in [6.45, 7) is 4.34. The molecule has 0 saturated carbocycles. The number of carbonyl (C=O) groups is 1. The second kappa shape index (κ2) is 9.06. The number of rotatable bonds is 7. The van der Waals surface area contributed by atoms with Crippen LogP contribution in [0.1, 0.15) is 32.6 Å². The molecule has 0 unspecified atom stereocenters. The first kappa shape index (κ1) is 20.1. The first-order valence-corrected chi connectivity index (χ1v) is 9.20. The normalized spacial score (nSPS) is 10.9. The van der Waals surface area contributed by atoms with Crippen LogP contribution in [0.4, 0.5) is 5.69 Å². The van der Waals surface area contributed by atoms with E-state index >= 15 is 0 Å². The zero-order chi connectivity index (χ0) is 20.8. The molecule has 148 valence electrons. The lowest BCUT2D eigenvalue weighted by Gasteiger charge is -2.11. The number of hydrogen-bond donors (Lipinski definition) is 1. The number of benzene rings is 3. The quantitative estimate of drug-likeness (QED) is 0.554. The number of ether oxygens (including phenoxy) is 2. The fourth-order valence-corrected chi connectivity index (χ4v) is 2.93. The largest absolute Gasteiger partial charge is 0.493 e. The van der Waals surface area contributed by atoms with Gasteiger partial charge in [-0.1, -0.05) is 29.8 Å². The van der Waals surface area contributed by atoms with Crippen LogP contribution >= 0.6 is 0 Å². The van der Waals surface area contributed by atoms with Crippen LogP contribution in [0.3, 0.4) is 0 Å².